The van der Waals surface area contributed by atoms with Gasteiger partial charge in [-0.1, -0.05) is 66.7 Å². The minimum absolute atomic E-state index is 0.204. The fourth-order valence-electron chi connectivity index (χ4n) is 4.01. The SMILES string of the molecule is C=CCO[C@@H]1[C@H](NC(C)=O)[C@H](OCc2ccccc2)O[C@@H]2CO[C@@H](c3ccccc3)O[C@@H]12. The Bertz CT molecular complexity index is 877. The van der Waals surface area contributed by atoms with Crippen LogP contribution in [0.3, 0.4) is 0 Å². The van der Waals surface area contributed by atoms with Crippen LogP contribution in [0.4, 0.5) is 0 Å². The molecule has 2 aromatic carbocycles. The van der Waals surface area contributed by atoms with Gasteiger partial charge in [0, 0.05) is 12.5 Å². The first-order valence-corrected chi connectivity index (χ1v) is 10.8. The van der Waals surface area contributed by atoms with Gasteiger partial charge >= 0.3 is 0 Å². The molecule has 2 aromatic rings. The highest BCUT2D eigenvalue weighted by Gasteiger charge is 2.51. The Labute approximate surface area is 188 Å². The fourth-order valence-corrected chi connectivity index (χ4v) is 4.01. The Hall–Kier alpha value is -2.55. The molecule has 0 spiro atoms. The second-order valence-corrected chi connectivity index (χ2v) is 7.83. The van der Waals surface area contributed by atoms with Crippen LogP contribution < -0.4 is 5.32 Å². The second kappa shape index (κ2) is 10.8. The molecule has 1 amide bonds. The van der Waals surface area contributed by atoms with Gasteiger partial charge < -0.3 is 29.0 Å². The summed E-state index contributed by atoms with van der Waals surface area (Å²) in [7, 11) is 0. The zero-order chi connectivity index (χ0) is 22.3. The van der Waals surface area contributed by atoms with Crippen molar-refractivity contribution in [1.29, 1.82) is 0 Å². The topological polar surface area (TPSA) is 75.3 Å². The standard InChI is InChI=1S/C25H29NO6/c1-3-14-28-23-21(26-17(2)27)25(29-15-18-10-6-4-7-11-18)31-20-16-30-24(32-22(20)23)19-12-8-5-9-13-19/h3-13,20-25H,1,14-16H2,2H3,(H,26,27)/t20-,21+,22-,23-,24-,25-/m1/s1. The number of carbonyl (C=O) groups excluding carboxylic acids is 1. The lowest BCUT2D eigenvalue weighted by molar-refractivity contribution is -0.349. The van der Waals surface area contributed by atoms with Crippen molar-refractivity contribution in [3.63, 3.8) is 0 Å². The van der Waals surface area contributed by atoms with Crippen molar-refractivity contribution in [2.75, 3.05) is 13.2 Å². The van der Waals surface area contributed by atoms with E-state index in [1.807, 2.05) is 60.7 Å². The number of carbonyl (C=O) groups is 1. The molecular weight excluding hydrogens is 410 g/mol. The van der Waals surface area contributed by atoms with Crippen LogP contribution in [0.5, 0.6) is 0 Å². The molecule has 0 radical (unpaired) electrons. The highest BCUT2D eigenvalue weighted by molar-refractivity contribution is 5.73. The smallest absolute Gasteiger partial charge is 0.217 e. The monoisotopic (exact) mass is 439 g/mol. The molecule has 32 heavy (non-hydrogen) atoms. The van der Waals surface area contributed by atoms with Gasteiger partial charge in [-0.2, -0.15) is 0 Å². The van der Waals surface area contributed by atoms with Crippen LogP contribution in [-0.4, -0.2) is 49.8 Å². The number of rotatable bonds is 8. The first-order valence-electron chi connectivity index (χ1n) is 10.8. The number of hydrogen-bond acceptors (Lipinski definition) is 6. The summed E-state index contributed by atoms with van der Waals surface area (Å²) >= 11 is 0. The van der Waals surface area contributed by atoms with Gasteiger partial charge in [0.2, 0.25) is 5.91 Å². The van der Waals surface area contributed by atoms with Crippen molar-refractivity contribution in [3.05, 3.63) is 84.4 Å². The van der Waals surface area contributed by atoms with Crippen LogP contribution in [0.25, 0.3) is 0 Å². The van der Waals surface area contributed by atoms with E-state index in [1.54, 1.807) is 6.08 Å². The molecule has 4 rings (SSSR count). The molecule has 2 fully saturated rings. The van der Waals surface area contributed by atoms with Crippen LogP contribution in [0, 0.1) is 0 Å². The summed E-state index contributed by atoms with van der Waals surface area (Å²) in [5.41, 5.74) is 1.91. The number of nitrogens with one attached hydrogen (secondary N) is 1. The second-order valence-electron chi connectivity index (χ2n) is 7.83. The maximum Gasteiger partial charge on any atom is 0.217 e. The van der Waals surface area contributed by atoms with E-state index in [-0.39, 0.29) is 5.91 Å². The first-order chi connectivity index (χ1) is 15.7. The fraction of sp³-hybridized carbons (Fsp3) is 0.400. The molecule has 0 unspecified atom stereocenters. The molecule has 7 heteroatoms. The van der Waals surface area contributed by atoms with E-state index < -0.39 is 36.9 Å². The molecule has 0 aromatic heterocycles. The normalized spacial score (nSPS) is 29.7. The van der Waals surface area contributed by atoms with Crippen LogP contribution in [0.15, 0.2) is 73.3 Å². The van der Waals surface area contributed by atoms with E-state index in [9.17, 15) is 4.79 Å². The van der Waals surface area contributed by atoms with Crippen molar-refractivity contribution >= 4 is 5.91 Å². The van der Waals surface area contributed by atoms with Crippen molar-refractivity contribution in [1.82, 2.24) is 5.32 Å². The molecule has 0 aliphatic carbocycles. The highest BCUT2D eigenvalue weighted by Crippen LogP contribution is 2.35. The largest absolute Gasteiger partial charge is 0.369 e. The van der Waals surface area contributed by atoms with E-state index in [2.05, 4.69) is 11.9 Å². The number of fused-ring (bicyclic) bond motifs is 1. The summed E-state index contributed by atoms with van der Waals surface area (Å²) in [6, 6.07) is 18.9. The lowest BCUT2D eigenvalue weighted by Gasteiger charge is -2.49. The Balaban J connectivity index is 1.55. The third-order valence-corrected chi connectivity index (χ3v) is 5.44. The van der Waals surface area contributed by atoms with Crippen LogP contribution in [0.2, 0.25) is 0 Å². The third-order valence-electron chi connectivity index (χ3n) is 5.44. The summed E-state index contributed by atoms with van der Waals surface area (Å²) in [5, 5.41) is 2.95. The molecule has 2 heterocycles. The van der Waals surface area contributed by atoms with E-state index >= 15 is 0 Å². The van der Waals surface area contributed by atoms with Crippen molar-refractivity contribution in [3.8, 4) is 0 Å². The third kappa shape index (κ3) is 5.43. The van der Waals surface area contributed by atoms with Crippen LogP contribution in [-0.2, 0) is 35.1 Å². The number of ether oxygens (including phenoxy) is 5. The summed E-state index contributed by atoms with van der Waals surface area (Å²) in [4.78, 5) is 12.0. The summed E-state index contributed by atoms with van der Waals surface area (Å²) in [5.74, 6) is -0.204. The minimum Gasteiger partial charge on any atom is -0.369 e. The van der Waals surface area contributed by atoms with Crippen molar-refractivity contribution < 1.29 is 28.5 Å². The first kappa shape index (κ1) is 22.6. The molecule has 7 nitrogen and oxygen atoms in total. The highest BCUT2D eigenvalue weighted by atomic mass is 16.7. The van der Waals surface area contributed by atoms with Gasteiger partial charge in [-0.15, -0.1) is 6.58 Å². The minimum atomic E-state index is -0.726. The molecule has 1 N–H and O–H groups in total. The Morgan fingerprint density at radius 2 is 1.81 bits per heavy atom. The zero-order valence-corrected chi connectivity index (χ0v) is 18.1. The molecule has 0 saturated carbocycles. The zero-order valence-electron chi connectivity index (χ0n) is 18.1. The summed E-state index contributed by atoms with van der Waals surface area (Å²) in [6.07, 6.45) is -0.973. The Morgan fingerprint density at radius 3 is 2.50 bits per heavy atom. The molecule has 0 bridgehead atoms. The molecule has 170 valence electrons. The molecule has 2 aliphatic heterocycles. The average molecular weight is 440 g/mol. The van der Waals surface area contributed by atoms with Gasteiger partial charge in [0.15, 0.2) is 12.6 Å². The average Bonchev–Trinajstić information content (AvgIpc) is 2.82. The number of amides is 1. The van der Waals surface area contributed by atoms with E-state index in [0.29, 0.717) is 19.8 Å². The van der Waals surface area contributed by atoms with Gasteiger partial charge in [0.1, 0.15) is 24.4 Å². The maximum atomic E-state index is 12.0. The van der Waals surface area contributed by atoms with Crippen LogP contribution >= 0.6 is 0 Å². The van der Waals surface area contributed by atoms with Gasteiger partial charge in [0.25, 0.3) is 0 Å². The molecule has 2 saturated heterocycles. The van der Waals surface area contributed by atoms with E-state index in [4.69, 9.17) is 23.7 Å². The van der Waals surface area contributed by atoms with Crippen molar-refractivity contribution in [2.45, 2.75) is 50.5 Å². The lowest BCUT2D eigenvalue weighted by atomic mass is 9.95. The summed E-state index contributed by atoms with van der Waals surface area (Å²) in [6.45, 7) is 6.16. The number of benzene rings is 2. The molecular formula is C25H29NO6. The van der Waals surface area contributed by atoms with E-state index in [0.717, 1.165) is 11.1 Å². The number of hydrogen-bond donors (Lipinski definition) is 1. The van der Waals surface area contributed by atoms with Gasteiger partial charge in [0.05, 0.1) is 19.8 Å². The van der Waals surface area contributed by atoms with Gasteiger partial charge in [-0.05, 0) is 5.56 Å². The maximum absolute atomic E-state index is 12.0. The Kier molecular flexibility index (Phi) is 7.68. The van der Waals surface area contributed by atoms with Gasteiger partial charge in [-0.25, -0.2) is 0 Å². The quantitative estimate of drug-likeness (QED) is 0.637. The molecule has 2 aliphatic rings. The lowest BCUT2D eigenvalue weighted by Crippen LogP contribution is -2.67. The van der Waals surface area contributed by atoms with Crippen LogP contribution in [0.1, 0.15) is 24.3 Å². The van der Waals surface area contributed by atoms with Gasteiger partial charge in [-0.3, -0.25) is 4.79 Å². The Morgan fingerprint density at radius 1 is 1.09 bits per heavy atom. The predicted octanol–water partition coefficient (Wildman–Crippen LogP) is 3.12. The summed E-state index contributed by atoms with van der Waals surface area (Å²) < 4.78 is 30.7. The van der Waals surface area contributed by atoms with Crippen molar-refractivity contribution in [2.24, 2.45) is 0 Å². The van der Waals surface area contributed by atoms with E-state index in [1.165, 1.54) is 6.92 Å². The predicted molar refractivity (Wildman–Crippen MR) is 117 cm³/mol. The molecule has 6 atom stereocenters.